The van der Waals surface area contributed by atoms with E-state index in [-0.39, 0.29) is 5.75 Å². The minimum absolute atomic E-state index is 0.0211. The van der Waals surface area contributed by atoms with Gasteiger partial charge in [-0.3, -0.25) is 0 Å². The van der Waals surface area contributed by atoms with Gasteiger partial charge >= 0.3 is 0 Å². The van der Waals surface area contributed by atoms with Gasteiger partial charge in [-0.1, -0.05) is 12.1 Å². The molecule has 0 amide bonds. The molecule has 0 saturated heterocycles. The third kappa shape index (κ3) is 1.98. The van der Waals surface area contributed by atoms with E-state index in [2.05, 4.69) is 10.1 Å². The fourth-order valence-electron chi connectivity index (χ4n) is 1.37. The molecule has 0 unspecified atom stereocenters. The molecule has 2 aromatic rings. The van der Waals surface area contributed by atoms with Crippen LogP contribution in [-0.2, 0) is 6.42 Å². The van der Waals surface area contributed by atoms with E-state index in [1.165, 1.54) is 6.07 Å². The summed E-state index contributed by atoms with van der Waals surface area (Å²) >= 11 is 0. The average Bonchev–Trinajstić information content (AvgIpc) is 2.71. The van der Waals surface area contributed by atoms with Gasteiger partial charge in [0, 0.05) is 12.0 Å². The highest BCUT2D eigenvalue weighted by Gasteiger charge is 2.09. The van der Waals surface area contributed by atoms with Gasteiger partial charge in [0.05, 0.1) is 5.69 Å². The Hall–Kier alpha value is -2.04. The number of aromatic nitrogens is 2. The van der Waals surface area contributed by atoms with Crippen LogP contribution in [0, 0.1) is 0 Å². The number of hydrogen-bond acceptors (Lipinski definition) is 5. The molecule has 1 aromatic carbocycles. The first-order chi connectivity index (χ1) is 7.70. The number of anilines is 1. The van der Waals surface area contributed by atoms with Gasteiger partial charge in [-0.15, -0.1) is 0 Å². The van der Waals surface area contributed by atoms with Crippen LogP contribution in [0.15, 0.2) is 22.7 Å². The van der Waals surface area contributed by atoms with Crippen LogP contribution in [0.1, 0.15) is 19.2 Å². The first-order valence-corrected chi connectivity index (χ1v) is 5.12. The second kappa shape index (κ2) is 4.22. The summed E-state index contributed by atoms with van der Waals surface area (Å²) in [5.41, 5.74) is 6.50. The van der Waals surface area contributed by atoms with E-state index >= 15 is 0 Å². The van der Waals surface area contributed by atoms with Crippen molar-refractivity contribution in [2.75, 3.05) is 5.73 Å². The Labute approximate surface area is 92.9 Å². The molecule has 1 aromatic heterocycles. The van der Waals surface area contributed by atoms with Crippen LogP contribution in [-0.4, -0.2) is 15.2 Å². The van der Waals surface area contributed by atoms with Crippen molar-refractivity contribution in [1.82, 2.24) is 10.1 Å². The Morgan fingerprint density at radius 2 is 2.25 bits per heavy atom. The molecular weight excluding hydrogens is 206 g/mol. The zero-order valence-electron chi connectivity index (χ0n) is 8.97. The Balaban J connectivity index is 2.31. The number of hydrogen-bond donors (Lipinski definition) is 2. The molecule has 1 heterocycles. The minimum Gasteiger partial charge on any atom is -0.506 e. The van der Waals surface area contributed by atoms with Crippen LogP contribution in [0.3, 0.4) is 0 Å². The van der Waals surface area contributed by atoms with Crippen LogP contribution in [0.25, 0.3) is 11.5 Å². The molecule has 5 heteroatoms. The number of nitrogens with two attached hydrogens (primary N) is 1. The molecule has 16 heavy (non-hydrogen) atoms. The predicted octanol–water partition coefficient (Wildman–Crippen LogP) is 1.98. The van der Waals surface area contributed by atoms with Crippen molar-refractivity contribution in [1.29, 1.82) is 0 Å². The number of aromatic hydroxyl groups is 1. The lowest BCUT2D eigenvalue weighted by Gasteiger charge is -1.99. The molecule has 0 fully saturated rings. The summed E-state index contributed by atoms with van der Waals surface area (Å²) in [5.74, 6) is 1.10. The topological polar surface area (TPSA) is 85.2 Å². The number of benzene rings is 1. The van der Waals surface area contributed by atoms with Gasteiger partial charge in [0.25, 0.3) is 5.89 Å². The molecule has 3 N–H and O–H groups in total. The third-order valence-corrected chi connectivity index (χ3v) is 2.22. The van der Waals surface area contributed by atoms with Crippen LogP contribution in [0.4, 0.5) is 5.69 Å². The van der Waals surface area contributed by atoms with E-state index in [0.717, 1.165) is 12.8 Å². The van der Waals surface area contributed by atoms with Crippen LogP contribution in [0.2, 0.25) is 0 Å². The van der Waals surface area contributed by atoms with Crippen molar-refractivity contribution in [3.63, 3.8) is 0 Å². The van der Waals surface area contributed by atoms with Crippen molar-refractivity contribution in [2.45, 2.75) is 19.8 Å². The molecule has 0 radical (unpaired) electrons. The predicted molar refractivity (Wildman–Crippen MR) is 59.8 cm³/mol. The van der Waals surface area contributed by atoms with Gasteiger partial charge in [0.1, 0.15) is 5.75 Å². The maximum atomic E-state index is 9.46. The Bertz CT molecular complexity index is 494. The van der Waals surface area contributed by atoms with Crippen molar-refractivity contribution in [3.05, 3.63) is 24.0 Å². The smallest absolute Gasteiger partial charge is 0.258 e. The van der Waals surface area contributed by atoms with Crippen LogP contribution >= 0.6 is 0 Å². The maximum absolute atomic E-state index is 9.46. The summed E-state index contributed by atoms with van der Waals surface area (Å²) in [4.78, 5) is 4.21. The average molecular weight is 219 g/mol. The quantitative estimate of drug-likeness (QED) is 0.609. The fourth-order valence-corrected chi connectivity index (χ4v) is 1.37. The molecule has 0 saturated carbocycles. The second-order valence-corrected chi connectivity index (χ2v) is 3.54. The summed E-state index contributed by atoms with van der Waals surface area (Å²) in [6, 6.07) is 4.85. The molecule has 0 spiro atoms. The Morgan fingerprint density at radius 1 is 1.44 bits per heavy atom. The first-order valence-electron chi connectivity index (χ1n) is 5.12. The monoisotopic (exact) mass is 219 g/mol. The summed E-state index contributed by atoms with van der Waals surface area (Å²) in [6.07, 6.45) is 1.75. The number of nitrogens with zero attached hydrogens (tertiary/aromatic N) is 2. The molecular formula is C11H13N3O2. The molecule has 0 bridgehead atoms. The van der Waals surface area contributed by atoms with Gasteiger partial charge in [0.2, 0.25) is 0 Å². The number of rotatable bonds is 3. The summed E-state index contributed by atoms with van der Waals surface area (Å²) in [5, 5.41) is 13.3. The normalized spacial score (nSPS) is 10.6. The van der Waals surface area contributed by atoms with E-state index in [1.807, 2.05) is 6.92 Å². The Kier molecular flexibility index (Phi) is 2.76. The zero-order chi connectivity index (χ0) is 11.5. The second-order valence-electron chi connectivity index (χ2n) is 3.54. The minimum atomic E-state index is 0.0211. The molecule has 0 aliphatic heterocycles. The van der Waals surface area contributed by atoms with Crippen LogP contribution < -0.4 is 5.73 Å². The van der Waals surface area contributed by atoms with Gasteiger partial charge in [-0.05, 0) is 24.6 Å². The van der Waals surface area contributed by atoms with E-state index < -0.39 is 0 Å². The summed E-state index contributed by atoms with van der Waals surface area (Å²) in [6.45, 7) is 2.05. The first kappa shape index (κ1) is 10.5. The highest BCUT2D eigenvalue weighted by Crippen LogP contribution is 2.26. The van der Waals surface area contributed by atoms with E-state index in [4.69, 9.17) is 10.3 Å². The van der Waals surface area contributed by atoms with Gasteiger partial charge in [-0.2, -0.15) is 4.98 Å². The van der Waals surface area contributed by atoms with Crippen molar-refractivity contribution >= 4 is 5.69 Å². The summed E-state index contributed by atoms with van der Waals surface area (Å²) < 4.78 is 5.09. The van der Waals surface area contributed by atoms with Gasteiger partial charge in [-0.25, -0.2) is 0 Å². The van der Waals surface area contributed by atoms with E-state index in [1.54, 1.807) is 12.1 Å². The molecule has 2 rings (SSSR count). The lowest BCUT2D eigenvalue weighted by atomic mass is 10.2. The summed E-state index contributed by atoms with van der Waals surface area (Å²) in [7, 11) is 0. The van der Waals surface area contributed by atoms with E-state index in [0.29, 0.717) is 23.0 Å². The number of phenolic OH excluding ortho intramolecular Hbond substituents is 1. The van der Waals surface area contributed by atoms with Crippen molar-refractivity contribution in [3.8, 4) is 17.2 Å². The van der Waals surface area contributed by atoms with Crippen molar-refractivity contribution in [2.24, 2.45) is 0 Å². The molecule has 0 aliphatic rings. The highest BCUT2D eigenvalue weighted by molar-refractivity contribution is 5.63. The fraction of sp³-hybridized carbons (Fsp3) is 0.273. The number of phenols is 1. The Morgan fingerprint density at radius 3 is 2.94 bits per heavy atom. The standard InChI is InChI=1S/C11H13N3O2/c1-2-3-10-13-11(16-14-10)7-4-5-8(12)9(15)6-7/h4-6,15H,2-3,12H2,1H3. The van der Waals surface area contributed by atoms with E-state index in [9.17, 15) is 5.11 Å². The van der Waals surface area contributed by atoms with Gasteiger partial charge < -0.3 is 15.4 Å². The van der Waals surface area contributed by atoms with Crippen LogP contribution in [0.5, 0.6) is 5.75 Å². The lowest BCUT2D eigenvalue weighted by Crippen LogP contribution is -1.87. The lowest BCUT2D eigenvalue weighted by molar-refractivity contribution is 0.421. The largest absolute Gasteiger partial charge is 0.506 e. The van der Waals surface area contributed by atoms with Crippen molar-refractivity contribution < 1.29 is 9.63 Å². The zero-order valence-corrected chi connectivity index (χ0v) is 8.97. The highest BCUT2D eigenvalue weighted by atomic mass is 16.5. The number of aryl methyl sites for hydroxylation is 1. The number of nitrogen functional groups attached to an aromatic ring is 1. The maximum Gasteiger partial charge on any atom is 0.258 e. The SMILES string of the molecule is CCCc1noc(-c2ccc(N)c(O)c2)n1. The molecule has 5 nitrogen and oxygen atoms in total. The molecule has 84 valence electrons. The molecule has 0 aliphatic carbocycles. The molecule has 0 atom stereocenters. The third-order valence-electron chi connectivity index (χ3n) is 2.22. The van der Waals surface area contributed by atoms with Gasteiger partial charge in [0.15, 0.2) is 5.82 Å².